The standard InChI is InChI=1S/C25H25ClN4O4/c26-19-3-7-22(8-4-19)34-21-5-1-16(2-6-21)13-27-20-11-17-14-29(15-18(17)12-20)25(33)30-10-9-23(28-30)24(31)32/h1-10,17-18,20,27H,11-15H2,(H,31,32)/t17-,18+,20?. The number of halogens is 1. The van der Waals surface area contributed by atoms with Crippen molar-refractivity contribution in [2.24, 2.45) is 11.8 Å². The number of amides is 1. The van der Waals surface area contributed by atoms with Crippen LogP contribution >= 0.6 is 11.6 Å². The molecule has 1 saturated heterocycles. The van der Waals surface area contributed by atoms with E-state index in [1.54, 1.807) is 17.0 Å². The molecule has 0 radical (unpaired) electrons. The van der Waals surface area contributed by atoms with Gasteiger partial charge in [-0.1, -0.05) is 23.7 Å². The highest BCUT2D eigenvalue weighted by atomic mass is 35.5. The summed E-state index contributed by atoms with van der Waals surface area (Å²) in [6.45, 7) is 2.14. The van der Waals surface area contributed by atoms with Crippen LogP contribution in [0.25, 0.3) is 0 Å². The summed E-state index contributed by atoms with van der Waals surface area (Å²) in [5.74, 6) is 1.29. The number of nitrogens with one attached hydrogen (secondary N) is 1. The Bertz CT molecular complexity index is 1160. The SMILES string of the molecule is O=C(O)c1ccn(C(=O)N2C[C@H]3CC(NCc4ccc(Oc5ccc(Cl)cc5)cc4)C[C@H]3C2)n1. The Morgan fingerprint density at radius 2 is 1.62 bits per heavy atom. The molecule has 1 aliphatic heterocycles. The number of likely N-dealkylation sites (tertiary alicyclic amines) is 1. The summed E-state index contributed by atoms with van der Waals surface area (Å²) in [6, 6.07) is 16.8. The quantitative estimate of drug-likeness (QED) is 0.539. The summed E-state index contributed by atoms with van der Waals surface area (Å²) in [5.41, 5.74) is 1.06. The third kappa shape index (κ3) is 4.93. The Kier molecular flexibility index (Phi) is 6.26. The summed E-state index contributed by atoms with van der Waals surface area (Å²) in [6.07, 6.45) is 3.45. The summed E-state index contributed by atoms with van der Waals surface area (Å²) in [7, 11) is 0. The number of carboxylic acid groups (broad SMARTS) is 1. The highest BCUT2D eigenvalue weighted by Crippen LogP contribution is 2.38. The fraction of sp³-hybridized carbons (Fsp3) is 0.320. The Morgan fingerprint density at radius 3 is 2.21 bits per heavy atom. The number of carboxylic acids is 1. The molecule has 1 amide bonds. The lowest BCUT2D eigenvalue weighted by atomic mass is 10.0. The first-order valence-electron chi connectivity index (χ1n) is 11.3. The fourth-order valence-electron chi connectivity index (χ4n) is 4.89. The predicted octanol–water partition coefficient (Wildman–Crippen LogP) is 4.50. The fourth-order valence-corrected chi connectivity index (χ4v) is 5.01. The van der Waals surface area contributed by atoms with Crippen molar-refractivity contribution in [3.8, 4) is 11.5 Å². The number of rotatable bonds is 6. The van der Waals surface area contributed by atoms with E-state index in [1.165, 1.54) is 17.8 Å². The normalized spacial score (nSPS) is 21.4. The molecule has 8 nitrogen and oxygen atoms in total. The molecule has 34 heavy (non-hydrogen) atoms. The highest BCUT2D eigenvalue weighted by Gasteiger charge is 2.42. The van der Waals surface area contributed by atoms with Crippen LogP contribution in [0.15, 0.2) is 60.8 Å². The van der Waals surface area contributed by atoms with Crippen LogP contribution in [-0.4, -0.2) is 50.9 Å². The lowest BCUT2D eigenvalue weighted by Crippen LogP contribution is -2.35. The van der Waals surface area contributed by atoms with E-state index in [4.69, 9.17) is 21.4 Å². The van der Waals surface area contributed by atoms with Crippen LogP contribution in [0.1, 0.15) is 28.9 Å². The van der Waals surface area contributed by atoms with Gasteiger partial charge in [0.2, 0.25) is 0 Å². The maximum absolute atomic E-state index is 12.7. The highest BCUT2D eigenvalue weighted by molar-refractivity contribution is 6.30. The third-order valence-electron chi connectivity index (χ3n) is 6.59. The molecule has 1 unspecified atom stereocenters. The van der Waals surface area contributed by atoms with Gasteiger partial charge in [0.25, 0.3) is 0 Å². The number of aromatic carboxylic acids is 1. The molecule has 2 fully saturated rings. The van der Waals surface area contributed by atoms with Crippen LogP contribution in [-0.2, 0) is 6.54 Å². The number of hydrogen-bond acceptors (Lipinski definition) is 5. The van der Waals surface area contributed by atoms with Crippen LogP contribution in [0.2, 0.25) is 5.02 Å². The molecule has 2 aromatic carbocycles. The van der Waals surface area contributed by atoms with Crippen molar-refractivity contribution >= 4 is 23.6 Å². The van der Waals surface area contributed by atoms with Gasteiger partial charge in [-0.3, -0.25) is 0 Å². The number of nitrogens with zero attached hydrogens (tertiary/aromatic N) is 3. The number of carbonyl (C=O) groups excluding carboxylic acids is 1. The van der Waals surface area contributed by atoms with Gasteiger partial charge in [-0.2, -0.15) is 9.78 Å². The molecular formula is C25H25ClN4O4. The second-order valence-corrected chi connectivity index (χ2v) is 9.34. The average molecular weight is 481 g/mol. The van der Waals surface area contributed by atoms with Gasteiger partial charge in [0, 0.05) is 36.9 Å². The number of hydrogen-bond donors (Lipinski definition) is 2. The molecule has 0 bridgehead atoms. The first kappa shape index (κ1) is 22.4. The molecule has 9 heteroatoms. The lowest BCUT2D eigenvalue weighted by Gasteiger charge is -2.19. The van der Waals surface area contributed by atoms with Crippen molar-refractivity contribution < 1.29 is 19.4 Å². The van der Waals surface area contributed by atoms with Gasteiger partial charge in [0.05, 0.1) is 0 Å². The van der Waals surface area contributed by atoms with E-state index < -0.39 is 5.97 Å². The van der Waals surface area contributed by atoms with Crippen molar-refractivity contribution in [1.82, 2.24) is 20.0 Å². The molecule has 2 heterocycles. The molecule has 1 saturated carbocycles. The smallest absolute Gasteiger partial charge is 0.356 e. The number of fused-ring (bicyclic) bond motifs is 1. The maximum Gasteiger partial charge on any atom is 0.356 e. The summed E-state index contributed by atoms with van der Waals surface area (Å²) in [4.78, 5) is 25.4. The molecule has 1 aromatic heterocycles. The van der Waals surface area contributed by atoms with Crippen LogP contribution in [0.4, 0.5) is 4.79 Å². The van der Waals surface area contributed by atoms with Crippen molar-refractivity contribution in [2.75, 3.05) is 13.1 Å². The van der Waals surface area contributed by atoms with Crippen LogP contribution in [0, 0.1) is 11.8 Å². The number of carbonyl (C=O) groups is 2. The Hall–Kier alpha value is -3.36. The van der Waals surface area contributed by atoms with Gasteiger partial charge in [0.15, 0.2) is 5.69 Å². The average Bonchev–Trinajstić information content (AvgIpc) is 3.55. The zero-order valence-electron chi connectivity index (χ0n) is 18.4. The molecular weight excluding hydrogens is 456 g/mol. The van der Waals surface area contributed by atoms with Crippen LogP contribution in [0.3, 0.4) is 0 Å². The minimum absolute atomic E-state index is 0.124. The zero-order valence-corrected chi connectivity index (χ0v) is 19.2. The van der Waals surface area contributed by atoms with E-state index in [-0.39, 0.29) is 11.7 Å². The first-order valence-corrected chi connectivity index (χ1v) is 11.7. The van der Waals surface area contributed by atoms with Crippen molar-refractivity contribution in [3.63, 3.8) is 0 Å². The van der Waals surface area contributed by atoms with E-state index >= 15 is 0 Å². The topological polar surface area (TPSA) is 96.7 Å². The predicted molar refractivity (Wildman–Crippen MR) is 126 cm³/mol. The van der Waals surface area contributed by atoms with Crippen LogP contribution in [0.5, 0.6) is 11.5 Å². The van der Waals surface area contributed by atoms with Gasteiger partial charge < -0.3 is 20.1 Å². The van der Waals surface area contributed by atoms with E-state index in [9.17, 15) is 9.59 Å². The molecule has 5 rings (SSSR count). The monoisotopic (exact) mass is 480 g/mol. The van der Waals surface area contributed by atoms with Crippen molar-refractivity contribution in [2.45, 2.75) is 25.4 Å². The van der Waals surface area contributed by atoms with E-state index in [2.05, 4.69) is 22.5 Å². The van der Waals surface area contributed by atoms with Gasteiger partial charge >= 0.3 is 12.0 Å². The Morgan fingerprint density at radius 1 is 1.00 bits per heavy atom. The van der Waals surface area contributed by atoms with E-state index in [0.717, 1.165) is 35.6 Å². The minimum atomic E-state index is -1.14. The Balaban J connectivity index is 1.08. The van der Waals surface area contributed by atoms with Gasteiger partial charge in [-0.15, -0.1) is 0 Å². The Labute approximate surface area is 202 Å². The van der Waals surface area contributed by atoms with E-state index in [0.29, 0.717) is 36.0 Å². The maximum atomic E-state index is 12.7. The summed E-state index contributed by atoms with van der Waals surface area (Å²) < 4.78 is 6.97. The molecule has 2 N–H and O–H groups in total. The molecule has 2 aliphatic rings. The molecule has 0 spiro atoms. The minimum Gasteiger partial charge on any atom is -0.476 e. The number of ether oxygens (including phenoxy) is 1. The van der Waals surface area contributed by atoms with Gasteiger partial charge in [-0.25, -0.2) is 9.59 Å². The summed E-state index contributed by atoms with van der Waals surface area (Å²) >= 11 is 5.91. The zero-order chi connectivity index (χ0) is 23.7. The summed E-state index contributed by atoms with van der Waals surface area (Å²) in [5, 5.41) is 17.2. The largest absolute Gasteiger partial charge is 0.476 e. The first-order chi connectivity index (χ1) is 16.4. The third-order valence-corrected chi connectivity index (χ3v) is 6.85. The molecule has 1 aliphatic carbocycles. The second-order valence-electron chi connectivity index (χ2n) is 8.91. The van der Waals surface area contributed by atoms with Gasteiger partial charge in [-0.05, 0) is 72.7 Å². The van der Waals surface area contributed by atoms with Crippen LogP contribution < -0.4 is 10.1 Å². The lowest BCUT2D eigenvalue weighted by molar-refractivity contribution is 0.0690. The number of benzene rings is 2. The molecule has 3 atom stereocenters. The van der Waals surface area contributed by atoms with E-state index in [1.807, 2.05) is 24.3 Å². The molecule has 176 valence electrons. The van der Waals surface area contributed by atoms with Crippen molar-refractivity contribution in [3.05, 3.63) is 77.1 Å². The van der Waals surface area contributed by atoms with Gasteiger partial charge in [0.1, 0.15) is 11.5 Å². The molecule has 3 aromatic rings. The number of aromatic nitrogens is 2. The van der Waals surface area contributed by atoms with Crippen molar-refractivity contribution in [1.29, 1.82) is 0 Å². The second kappa shape index (κ2) is 9.48.